The molecule has 0 heterocycles. The van der Waals surface area contributed by atoms with Crippen molar-refractivity contribution < 1.29 is 24.6 Å². The van der Waals surface area contributed by atoms with Gasteiger partial charge in [-0.1, -0.05) is 0 Å². The van der Waals surface area contributed by atoms with Crippen molar-refractivity contribution in [2.24, 2.45) is 5.10 Å². The highest BCUT2D eigenvalue weighted by Crippen LogP contribution is 1.93. The Kier molecular flexibility index (Phi) is 4.85. The number of carbonyl (C=O) groups excluding carboxylic acids is 1. The van der Waals surface area contributed by atoms with E-state index in [1.165, 1.54) is 0 Å². The maximum Gasteiger partial charge on any atom is 0.352 e. The van der Waals surface area contributed by atoms with Crippen molar-refractivity contribution in [3.05, 3.63) is 0 Å². The molecule has 0 aliphatic rings. The van der Waals surface area contributed by atoms with E-state index in [1.54, 1.807) is 5.43 Å². The lowest BCUT2D eigenvalue weighted by Gasteiger charge is -1.96. The molecule has 1 amide bonds. The number of hydrogen-bond acceptors (Lipinski definition) is 4. The average Bonchev–Trinajstić information content (AvgIpc) is 2.03. The molecule has 0 saturated heterocycles. The maximum absolute atomic E-state index is 10.3. The summed E-state index contributed by atoms with van der Waals surface area (Å²) in [6, 6.07) is 0. The van der Waals surface area contributed by atoms with Crippen LogP contribution in [0, 0.1) is 0 Å². The van der Waals surface area contributed by atoms with E-state index < -0.39 is 17.7 Å². The number of nitrogens with zero attached hydrogens (tertiary/aromatic N) is 1. The van der Waals surface area contributed by atoms with Gasteiger partial charge in [0.2, 0.25) is 6.41 Å². The molecule has 0 aliphatic heterocycles. The molecule has 7 heteroatoms. The summed E-state index contributed by atoms with van der Waals surface area (Å²) < 4.78 is 0. The number of amides is 1. The molecule has 0 bridgehead atoms. The molecule has 0 saturated carbocycles. The second-order valence-electron chi connectivity index (χ2n) is 2.00. The van der Waals surface area contributed by atoms with Gasteiger partial charge in [-0.25, -0.2) is 10.2 Å². The fraction of sp³-hybridized carbons (Fsp3) is 0.333. The van der Waals surface area contributed by atoms with Gasteiger partial charge >= 0.3 is 11.9 Å². The Balaban J connectivity index is 4.17. The number of rotatable bonds is 6. The first kappa shape index (κ1) is 11.1. The fourth-order valence-corrected chi connectivity index (χ4v) is 0.540. The van der Waals surface area contributed by atoms with Gasteiger partial charge < -0.3 is 10.2 Å². The second-order valence-corrected chi connectivity index (χ2v) is 2.00. The van der Waals surface area contributed by atoms with Crippen molar-refractivity contribution in [3.8, 4) is 0 Å². The van der Waals surface area contributed by atoms with E-state index in [4.69, 9.17) is 10.2 Å². The van der Waals surface area contributed by atoms with Crippen LogP contribution in [0.4, 0.5) is 0 Å². The molecule has 13 heavy (non-hydrogen) atoms. The van der Waals surface area contributed by atoms with Crippen LogP contribution >= 0.6 is 0 Å². The van der Waals surface area contributed by atoms with Crippen molar-refractivity contribution >= 4 is 24.1 Å². The molecule has 0 aromatic heterocycles. The maximum atomic E-state index is 10.3. The van der Waals surface area contributed by atoms with Crippen LogP contribution in [0.25, 0.3) is 0 Å². The van der Waals surface area contributed by atoms with Crippen molar-refractivity contribution in [3.63, 3.8) is 0 Å². The Morgan fingerprint density at radius 1 is 1.31 bits per heavy atom. The molecule has 0 rings (SSSR count). The minimum Gasteiger partial charge on any atom is -0.481 e. The first-order chi connectivity index (χ1) is 6.07. The topological polar surface area (TPSA) is 116 Å². The van der Waals surface area contributed by atoms with Crippen LogP contribution in [-0.2, 0) is 14.4 Å². The molecule has 0 aliphatic carbocycles. The number of carboxylic acid groups (broad SMARTS) is 2. The highest BCUT2D eigenvalue weighted by Gasteiger charge is 2.11. The van der Waals surface area contributed by atoms with E-state index in [2.05, 4.69) is 5.10 Å². The molecule has 0 unspecified atom stereocenters. The predicted molar refractivity (Wildman–Crippen MR) is 41.1 cm³/mol. The van der Waals surface area contributed by atoms with Crippen molar-refractivity contribution in [2.45, 2.75) is 12.8 Å². The largest absolute Gasteiger partial charge is 0.481 e. The summed E-state index contributed by atoms with van der Waals surface area (Å²) in [5.74, 6) is -2.48. The van der Waals surface area contributed by atoms with Gasteiger partial charge in [0.05, 0.1) is 6.42 Å². The van der Waals surface area contributed by atoms with Crippen LogP contribution in [-0.4, -0.2) is 34.3 Å². The van der Waals surface area contributed by atoms with Crippen molar-refractivity contribution in [1.29, 1.82) is 0 Å². The molecule has 3 N–H and O–H groups in total. The van der Waals surface area contributed by atoms with Crippen LogP contribution in [0.15, 0.2) is 5.10 Å². The molecular weight excluding hydrogens is 180 g/mol. The van der Waals surface area contributed by atoms with E-state index >= 15 is 0 Å². The summed E-state index contributed by atoms with van der Waals surface area (Å²) in [4.78, 5) is 30.1. The average molecular weight is 188 g/mol. The third kappa shape index (κ3) is 5.36. The quantitative estimate of drug-likeness (QED) is 0.282. The van der Waals surface area contributed by atoms with E-state index in [1.807, 2.05) is 0 Å². The van der Waals surface area contributed by atoms with Gasteiger partial charge in [0.1, 0.15) is 5.71 Å². The van der Waals surface area contributed by atoms with E-state index in [0.29, 0.717) is 0 Å². The molecule has 0 aromatic carbocycles. The minimum atomic E-state index is -1.35. The van der Waals surface area contributed by atoms with Gasteiger partial charge in [-0.2, -0.15) is 5.10 Å². The standard InChI is InChI=1S/C6H8N2O5/c9-3-7-8-4(6(12)13)1-2-5(10)11/h3H,1-2H2,(H,7,9)(H,10,11)(H,12,13)/b8-4+. The Labute approximate surface area is 73.1 Å². The second kappa shape index (κ2) is 5.70. The third-order valence-electron chi connectivity index (χ3n) is 1.07. The van der Waals surface area contributed by atoms with Gasteiger partial charge in [0.25, 0.3) is 0 Å². The predicted octanol–water partition coefficient (Wildman–Crippen LogP) is -0.962. The van der Waals surface area contributed by atoms with E-state index in [9.17, 15) is 14.4 Å². The SMILES string of the molecule is O=CN/N=C(\CCC(=O)O)C(=O)O. The summed E-state index contributed by atoms with van der Waals surface area (Å²) in [5, 5.41) is 19.8. The van der Waals surface area contributed by atoms with Crippen LogP contribution in [0.5, 0.6) is 0 Å². The molecule has 0 atom stereocenters. The molecule has 0 radical (unpaired) electrons. The molecule has 72 valence electrons. The summed E-state index contributed by atoms with van der Waals surface area (Å²) in [5.41, 5.74) is 1.39. The number of carboxylic acids is 2. The fourth-order valence-electron chi connectivity index (χ4n) is 0.540. The summed E-state index contributed by atoms with van der Waals surface area (Å²) >= 11 is 0. The zero-order chi connectivity index (χ0) is 10.3. The number of hydrogen-bond donors (Lipinski definition) is 3. The molecule has 7 nitrogen and oxygen atoms in total. The third-order valence-corrected chi connectivity index (χ3v) is 1.07. The van der Waals surface area contributed by atoms with Crippen LogP contribution in [0.1, 0.15) is 12.8 Å². The van der Waals surface area contributed by atoms with Gasteiger partial charge in [-0.05, 0) is 0 Å². The van der Waals surface area contributed by atoms with Crippen LogP contribution in [0.3, 0.4) is 0 Å². The van der Waals surface area contributed by atoms with Gasteiger partial charge in [-0.3, -0.25) is 9.59 Å². The highest BCUT2D eigenvalue weighted by atomic mass is 16.4. The van der Waals surface area contributed by atoms with Crippen molar-refractivity contribution in [1.82, 2.24) is 5.43 Å². The Morgan fingerprint density at radius 3 is 2.31 bits per heavy atom. The normalized spacial score (nSPS) is 10.6. The number of hydrazone groups is 1. The summed E-state index contributed by atoms with van der Waals surface area (Å²) in [6.07, 6.45) is -0.374. The lowest BCUT2D eigenvalue weighted by molar-refractivity contribution is -0.136. The smallest absolute Gasteiger partial charge is 0.352 e. The van der Waals surface area contributed by atoms with Crippen molar-refractivity contribution in [2.75, 3.05) is 0 Å². The monoisotopic (exact) mass is 188 g/mol. The van der Waals surface area contributed by atoms with Gasteiger partial charge in [-0.15, -0.1) is 0 Å². The van der Waals surface area contributed by atoms with Crippen LogP contribution < -0.4 is 5.43 Å². The molecular formula is C6H8N2O5. The van der Waals surface area contributed by atoms with E-state index in [0.717, 1.165) is 0 Å². The van der Waals surface area contributed by atoms with E-state index in [-0.39, 0.29) is 19.3 Å². The Bertz CT molecular complexity index is 247. The number of carbonyl (C=O) groups is 3. The van der Waals surface area contributed by atoms with Gasteiger partial charge in [0.15, 0.2) is 0 Å². The lowest BCUT2D eigenvalue weighted by Crippen LogP contribution is -2.18. The Hall–Kier alpha value is -1.92. The first-order valence-electron chi connectivity index (χ1n) is 3.28. The number of aliphatic carboxylic acids is 2. The first-order valence-corrected chi connectivity index (χ1v) is 3.28. The summed E-state index contributed by atoms with van der Waals surface area (Å²) in [7, 11) is 0. The van der Waals surface area contributed by atoms with Gasteiger partial charge in [0, 0.05) is 6.42 Å². The Morgan fingerprint density at radius 2 is 1.92 bits per heavy atom. The lowest BCUT2D eigenvalue weighted by atomic mass is 10.2. The molecule has 0 aromatic rings. The molecule has 0 fully saturated rings. The molecule has 0 spiro atoms. The zero-order valence-electron chi connectivity index (χ0n) is 6.56. The number of nitrogens with one attached hydrogen (secondary N) is 1. The minimum absolute atomic E-state index is 0.198. The highest BCUT2D eigenvalue weighted by molar-refractivity contribution is 6.35. The summed E-state index contributed by atoms with van der Waals surface area (Å²) in [6.45, 7) is 0. The van der Waals surface area contributed by atoms with Crippen LogP contribution in [0.2, 0.25) is 0 Å². The zero-order valence-corrected chi connectivity index (χ0v) is 6.56.